The molecule has 0 radical (unpaired) electrons. The number of fused-ring (bicyclic) bond motifs is 1. The van der Waals surface area contributed by atoms with Crippen LogP contribution >= 0.6 is 0 Å². The van der Waals surface area contributed by atoms with Crippen LogP contribution in [0.3, 0.4) is 0 Å². The van der Waals surface area contributed by atoms with Crippen molar-refractivity contribution < 1.29 is 9.18 Å². The molecule has 146 valence electrons. The van der Waals surface area contributed by atoms with Gasteiger partial charge in [0.25, 0.3) is 0 Å². The second kappa shape index (κ2) is 7.53. The van der Waals surface area contributed by atoms with Crippen LogP contribution in [0.1, 0.15) is 23.9 Å². The molecule has 1 aromatic carbocycles. The molecule has 0 N–H and O–H groups in total. The van der Waals surface area contributed by atoms with E-state index in [2.05, 4.69) is 20.2 Å². The lowest BCUT2D eigenvalue weighted by molar-refractivity contribution is -0.130. The Hall–Kier alpha value is -3.03. The molecule has 0 bridgehead atoms. The van der Waals surface area contributed by atoms with Crippen molar-refractivity contribution in [2.75, 3.05) is 31.1 Å². The van der Waals surface area contributed by atoms with Gasteiger partial charge in [-0.15, -0.1) is 15.3 Å². The highest BCUT2D eigenvalue weighted by atomic mass is 19.1. The molecule has 3 heterocycles. The molecule has 2 aromatic heterocycles. The van der Waals surface area contributed by atoms with Gasteiger partial charge in [-0.3, -0.25) is 4.79 Å². The number of piperazine rings is 1. The van der Waals surface area contributed by atoms with Gasteiger partial charge in [-0.25, -0.2) is 4.39 Å². The van der Waals surface area contributed by atoms with Crippen LogP contribution in [0.4, 0.5) is 10.2 Å². The first-order valence-corrected chi connectivity index (χ1v) is 9.55. The first-order valence-electron chi connectivity index (χ1n) is 9.55. The van der Waals surface area contributed by atoms with Crippen molar-refractivity contribution in [1.29, 1.82) is 0 Å². The number of amides is 1. The molecule has 1 saturated heterocycles. The normalized spacial score (nSPS) is 14.7. The third-order valence-corrected chi connectivity index (χ3v) is 5.29. The molecule has 0 saturated carbocycles. The van der Waals surface area contributed by atoms with Crippen LogP contribution in [0.5, 0.6) is 0 Å². The van der Waals surface area contributed by atoms with E-state index < -0.39 is 0 Å². The topological polar surface area (TPSA) is 66.6 Å². The van der Waals surface area contributed by atoms with Crippen LogP contribution in [0.25, 0.3) is 5.65 Å². The fraction of sp³-hybridized carbons (Fsp3) is 0.400. The first kappa shape index (κ1) is 18.3. The summed E-state index contributed by atoms with van der Waals surface area (Å²) in [4.78, 5) is 16.7. The molecule has 1 amide bonds. The fourth-order valence-electron chi connectivity index (χ4n) is 3.64. The highest BCUT2D eigenvalue weighted by molar-refractivity contribution is 5.79. The molecular formula is C20H23FN6O. The second-order valence-electron chi connectivity index (χ2n) is 6.98. The zero-order chi connectivity index (χ0) is 19.7. The van der Waals surface area contributed by atoms with Gasteiger partial charge in [-0.1, -0.05) is 19.1 Å². The highest BCUT2D eigenvalue weighted by Gasteiger charge is 2.24. The number of carbonyl (C=O) groups is 1. The second-order valence-corrected chi connectivity index (χ2v) is 6.98. The van der Waals surface area contributed by atoms with Crippen LogP contribution in [-0.2, 0) is 17.6 Å². The maximum absolute atomic E-state index is 14.2. The van der Waals surface area contributed by atoms with E-state index in [-0.39, 0.29) is 18.1 Å². The lowest BCUT2D eigenvalue weighted by Crippen LogP contribution is -2.49. The van der Waals surface area contributed by atoms with E-state index in [0.29, 0.717) is 43.8 Å². The zero-order valence-corrected chi connectivity index (χ0v) is 16.1. The Morgan fingerprint density at radius 1 is 1.11 bits per heavy atom. The standard InChI is InChI=1S/C20H23FN6O/c1-3-15-5-4-6-17(21)16(15)13-20(28)26-11-9-25(10-12-26)19-8-7-18-23-22-14(2)27(18)24-19/h4-8H,3,9-13H2,1-2H3. The number of rotatable bonds is 4. The van der Waals surface area contributed by atoms with Gasteiger partial charge >= 0.3 is 0 Å². The monoisotopic (exact) mass is 382 g/mol. The molecule has 0 spiro atoms. The smallest absolute Gasteiger partial charge is 0.227 e. The Morgan fingerprint density at radius 2 is 1.89 bits per heavy atom. The number of carbonyl (C=O) groups excluding carboxylic acids is 1. The van der Waals surface area contributed by atoms with Crippen molar-refractivity contribution >= 4 is 17.4 Å². The Kier molecular flexibility index (Phi) is 4.93. The Bertz CT molecular complexity index is 1010. The Balaban J connectivity index is 1.42. The van der Waals surface area contributed by atoms with Gasteiger partial charge in [0.2, 0.25) is 5.91 Å². The maximum atomic E-state index is 14.2. The Morgan fingerprint density at radius 3 is 2.64 bits per heavy atom. The molecule has 0 aliphatic carbocycles. The van der Waals surface area contributed by atoms with Crippen molar-refractivity contribution in [3.63, 3.8) is 0 Å². The van der Waals surface area contributed by atoms with Crippen LogP contribution in [0, 0.1) is 12.7 Å². The van der Waals surface area contributed by atoms with E-state index in [1.807, 2.05) is 36.9 Å². The number of nitrogens with zero attached hydrogens (tertiary/aromatic N) is 6. The van der Waals surface area contributed by atoms with Crippen molar-refractivity contribution in [1.82, 2.24) is 24.7 Å². The average molecular weight is 382 g/mol. The third kappa shape index (κ3) is 3.42. The molecule has 1 aliphatic rings. The van der Waals surface area contributed by atoms with Gasteiger partial charge in [0.1, 0.15) is 11.6 Å². The minimum atomic E-state index is -0.298. The molecule has 1 fully saturated rings. The summed E-state index contributed by atoms with van der Waals surface area (Å²) >= 11 is 0. The number of benzene rings is 1. The summed E-state index contributed by atoms with van der Waals surface area (Å²) in [6.07, 6.45) is 0.824. The number of halogens is 1. The number of aryl methyl sites for hydroxylation is 2. The number of hydrogen-bond acceptors (Lipinski definition) is 5. The van der Waals surface area contributed by atoms with Crippen LogP contribution in [-0.4, -0.2) is 56.8 Å². The van der Waals surface area contributed by atoms with Gasteiger partial charge in [-0.2, -0.15) is 4.52 Å². The van der Waals surface area contributed by atoms with Crippen molar-refractivity contribution in [2.45, 2.75) is 26.7 Å². The zero-order valence-electron chi connectivity index (χ0n) is 16.1. The van der Waals surface area contributed by atoms with Crippen LogP contribution in [0.2, 0.25) is 0 Å². The van der Waals surface area contributed by atoms with Gasteiger partial charge < -0.3 is 9.80 Å². The largest absolute Gasteiger partial charge is 0.352 e. The van der Waals surface area contributed by atoms with E-state index >= 15 is 0 Å². The predicted octanol–water partition coefficient (Wildman–Crippen LogP) is 2.03. The van der Waals surface area contributed by atoms with Crippen molar-refractivity contribution in [3.8, 4) is 0 Å². The summed E-state index contributed by atoms with van der Waals surface area (Å²) in [6.45, 7) is 6.39. The molecule has 0 atom stereocenters. The summed E-state index contributed by atoms with van der Waals surface area (Å²) < 4.78 is 15.9. The summed E-state index contributed by atoms with van der Waals surface area (Å²) in [5.41, 5.74) is 2.13. The van der Waals surface area contributed by atoms with Gasteiger partial charge in [0.05, 0.1) is 6.42 Å². The molecule has 8 heteroatoms. The number of aromatic nitrogens is 4. The fourth-order valence-corrected chi connectivity index (χ4v) is 3.64. The van der Waals surface area contributed by atoms with Gasteiger partial charge in [-0.05, 0) is 37.1 Å². The predicted molar refractivity (Wildman–Crippen MR) is 104 cm³/mol. The highest BCUT2D eigenvalue weighted by Crippen LogP contribution is 2.18. The van der Waals surface area contributed by atoms with E-state index in [4.69, 9.17) is 0 Å². The number of hydrogen-bond donors (Lipinski definition) is 0. The van der Waals surface area contributed by atoms with E-state index in [0.717, 1.165) is 17.2 Å². The minimum Gasteiger partial charge on any atom is -0.352 e. The lowest BCUT2D eigenvalue weighted by atomic mass is 10.0. The van der Waals surface area contributed by atoms with Crippen LogP contribution in [0.15, 0.2) is 30.3 Å². The molecular weight excluding hydrogens is 359 g/mol. The first-order chi connectivity index (χ1) is 13.6. The summed E-state index contributed by atoms with van der Waals surface area (Å²) in [6, 6.07) is 8.83. The van der Waals surface area contributed by atoms with Crippen LogP contribution < -0.4 is 4.90 Å². The molecule has 3 aromatic rings. The quantitative estimate of drug-likeness (QED) is 0.691. The van der Waals surface area contributed by atoms with Crippen molar-refractivity contribution in [2.24, 2.45) is 0 Å². The lowest BCUT2D eigenvalue weighted by Gasteiger charge is -2.35. The molecule has 7 nitrogen and oxygen atoms in total. The minimum absolute atomic E-state index is 0.0301. The SMILES string of the molecule is CCc1cccc(F)c1CC(=O)N1CCN(c2ccc3nnc(C)n3n2)CC1. The average Bonchev–Trinajstić information content (AvgIpc) is 3.10. The third-order valence-electron chi connectivity index (χ3n) is 5.29. The van der Waals surface area contributed by atoms with Crippen molar-refractivity contribution in [3.05, 3.63) is 53.1 Å². The van der Waals surface area contributed by atoms with E-state index in [9.17, 15) is 9.18 Å². The summed E-state index contributed by atoms with van der Waals surface area (Å²) in [5, 5.41) is 12.7. The van der Waals surface area contributed by atoms with E-state index in [1.165, 1.54) is 6.07 Å². The Labute approximate surface area is 162 Å². The van der Waals surface area contributed by atoms with Gasteiger partial charge in [0.15, 0.2) is 11.5 Å². The maximum Gasteiger partial charge on any atom is 0.227 e. The summed E-state index contributed by atoms with van der Waals surface area (Å²) in [7, 11) is 0. The summed E-state index contributed by atoms with van der Waals surface area (Å²) in [5.74, 6) is 1.25. The molecule has 0 unspecified atom stereocenters. The van der Waals surface area contributed by atoms with E-state index in [1.54, 1.807) is 10.6 Å². The van der Waals surface area contributed by atoms with Gasteiger partial charge in [0, 0.05) is 31.7 Å². The number of anilines is 1. The molecule has 4 rings (SSSR count). The molecule has 1 aliphatic heterocycles. The molecule has 28 heavy (non-hydrogen) atoms.